The number of thioether (sulfide) groups is 1. The predicted octanol–water partition coefficient (Wildman–Crippen LogP) is 4.58. The number of thiophene rings is 1. The predicted molar refractivity (Wildman–Crippen MR) is 95.6 cm³/mol. The van der Waals surface area contributed by atoms with Crippen LogP contribution in [0.25, 0.3) is 10.2 Å². The molecule has 2 heterocycles. The number of aromatic nitrogens is 2. The van der Waals surface area contributed by atoms with Gasteiger partial charge in [0.05, 0.1) is 11.4 Å². The minimum Gasteiger partial charge on any atom is -0.323 e. The quantitative estimate of drug-likeness (QED) is 0.813. The van der Waals surface area contributed by atoms with E-state index in [9.17, 15) is 4.79 Å². The normalized spacial score (nSPS) is 22.8. The fourth-order valence-electron chi connectivity index (χ4n) is 3.29. The zero-order chi connectivity index (χ0) is 15.1. The van der Waals surface area contributed by atoms with Crippen LogP contribution in [0.3, 0.4) is 0 Å². The van der Waals surface area contributed by atoms with Crippen molar-refractivity contribution in [1.82, 2.24) is 9.55 Å². The smallest absolute Gasteiger partial charge is 0.263 e. The van der Waals surface area contributed by atoms with Gasteiger partial charge in [-0.05, 0) is 50.7 Å². The number of hydrogen-bond donors (Lipinski definition) is 1. The molecule has 0 aromatic carbocycles. The third-order valence-electron chi connectivity index (χ3n) is 4.56. The molecule has 1 aliphatic rings. The van der Waals surface area contributed by atoms with Crippen molar-refractivity contribution in [3.63, 3.8) is 0 Å². The molecule has 2 aromatic heterocycles. The zero-order valence-corrected chi connectivity index (χ0v) is 15.0. The molecule has 2 aromatic rings. The van der Waals surface area contributed by atoms with Crippen molar-refractivity contribution in [2.75, 3.05) is 6.26 Å². The van der Waals surface area contributed by atoms with Crippen LogP contribution in [-0.4, -0.2) is 21.1 Å². The number of nitrogens with zero attached hydrogens (tertiary/aromatic N) is 1. The molecule has 21 heavy (non-hydrogen) atoms. The molecule has 114 valence electrons. The lowest BCUT2D eigenvalue weighted by Gasteiger charge is -2.31. The summed E-state index contributed by atoms with van der Waals surface area (Å²) in [6.45, 7) is 4.09. The second-order valence-electron chi connectivity index (χ2n) is 5.72. The van der Waals surface area contributed by atoms with Gasteiger partial charge in [0.25, 0.3) is 5.56 Å². The fourth-order valence-corrected chi connectivity index (χ4v) is 5.70. The van der Waals surface area contributed by atoms with E-state index in [1.807, 2.05) is 23.3 Å². The van der Waals surface area contributed by atoms with Crippen molar-refractivity contribution in [2.45, 2.75) is 50.8 Å². The highest BCUT2D eigenvalue weighted by Gasteiger charge is 2.28. The van der Waals surface area contributed by atoms with Gasteiger partial charge in [0.1, 0.15) is 4.83 Å². The van der Waals surface area contributed by atoms with Gasteiger partial charge in [0.2, 0.25) is 0 Å². The second-order valence-corrected chi connectivity index (χ2v) is 8.41. The van der Waals surface area contributed by atoms with E-state index in [2.05, 4.69) is 18.2 Å². The Labute approximate surface area is 137 Å². The molecular formula is C15H20N2OS3. The van der Waals surface area contributed by atoms with Gasteiger partial charge >= 0.3 is 0 Å². The summed E-state index contributed by atoms with van der Waals surface area (Å²) in [5.41, 5.74) is 1.19. The number of aromatic amines is 1. The van der Waals surface area contributed by atoms with E-state index in [0.29, 0.717) is 10.0 Å². The molecule has 1 aliphatic carbocycles. The maximum Gasteiger partial charge on any atom is 0.263 e. The Balaban J connectivity index is 2.25. The third-order valence-corrected chi connectivity index (χ3v) is 7.14. The Morgan fingerprint density at radius 2 is 2.05 bits per heavy atom. The van der Waals surface area contributed by atoms with Crippen molar-refractivity contribution in [3.8, 4) is 0 Å². The number of H-pyrrole nitrogens is 1. The summed E-state index contributed by atoms with van der Waals surface area (Å²) >= 11 is 9.00. The first-order chi connectivity index (χ1) is 10.0. The highest BCUT2D eigenvalue weighted by molar-refractivity contribution is 7.99. The van der Waals surface area contributed by atoms with Crippen LogP contribution in [0.2, 0.25) is 0 Å². The summed E-state index contributed by atoms with van der Waals surface area (Å²) < 4.78 is 2.44. The van der Waals surface area contributed by atoms with Gasteiger partial charge in [-0.3, -0.25) is 9.36 Å². The van der Waals surface area contributed by atoms with E-state index < -0.39 is 0 Å². The molecule has 0 bridgehead atoms. The van der Waals surface area contributed by atoms with Gasteiger partial charge in [0, 0.05) is 10.1 Å². The molecule has 2 atom stereocenters. The van der Waals surface area contributed by atoms with Crippen LogP contribution < -0.4 is 5.56 Å². The Kier molecular flexibility index (Phi) is 4.30. The number of rotatable bonds is 2. The van der Waals surface area contributed by atoms with Crippen molar-refractivity contribution in [3.05, 3.63) is 25.6 Å². The average molecular weight is 341 g/mol. The van der Waals surface area contributed by atoms with Crippen LogP contribution in [0.1, 0.15) is 42.2 Å². The van der Waals surface area contributed by atoms with Gasteiger partial charge in [-0.25, -0.2) is 0 Å². The topological polar surface area (TPSA) is 37.8 Å². The van der Waals surface area contributed by atoms with Crippen LogP contribution in [0.5, 0.6) is 0 Å². The van der Waals surface area contributed by atoms with E-state index >= 15 is 0 Å². The Hall–Kier alpha value is -0.590. The number of aryl methyl sites for hydroxylation is 2. The monoisotopic (exact) mass is 340 g/mol. The maximum absolute atomic E-state index is 13.0. The molecule has 0 amide bonds. The Morgan fingerprint density at radius 3 is 2.76 bits per heavy atom. The molecular weight excluding hydrogens is 320 g/mol. The van der Waals surface area contributed by atoms with E-state index in [0.717, 1.165) is 22.2 Å². The molecule has 3 nitrogen and oxygen atoms in total. The summed E-state index contributed by atoms with van der Waals surface area (Å²) in [5.74, 6) is 0. The SMILES string of the molecule is CSC1CCCCC1n1c(=S)[nH]c2sc(C)c(C)c2c1=O. The summed E-state index contributed by atoms with van der Waals surface area (Å²) in [6.07, 6.45) is 6.80. The molecule has 2 unspecified atom stereocenters. The molecule has 0 saturated heterocycles. The van der Waals surface area contributed by atoms with Gasteiger partial charge in [-0.2, -0.15) is 11.8 Å². The van der Waals surface area contributed by atoms with E-state index in [4.69, 9.17) is 12.2 Å². The minimum absolute atomic E-state index is 0.0987. The molecule has 6 heteroatoms. The lowest BCUT2D eigenvalue weighted by molar-refractivity contribution is 0.353. The standard InChI is InChI=1S/C15H20N2OS3/c1-8-9(2)21-13-12(8)14(18)17(15(19)16-13)10-6-4-5-7-11(10)20-3/h10-11H,4-7H2,1-3H3,(H,16,19). The molecule has 3 rings (SSSR count). The highest BCUT2D eigenvalue weighted by Crippen LogP contribution is 2.36. The first-order valence-corrected chi connectivity index (χ1v) is 9.83. The van der Waals surface area contributed by atoms with Crippen LogP contribution >= 0.6 is 35.3 Å². The zero-order valence-electron chi connectivity index (χ0n) is 12.6. The molecule has 1 saturated carbocycles. The maximum atomic E-state index is 13.0. The highest BCUT2D eigenvalue weighted by atomic mass is 32.2. The average Bonchev–Trinajstić information content (AvgIpc) is 2.74. The Morgan fingerprint density at radius 1 is 1.33 bits per heavy atom. The molecule has 0 radical (unpaired) electrons. The van der Waals surface area contributed by atoms with Crippen LogP contribution in [0, 0.1) is 18.6 Å². The van der Waals surface area contributed by atoms with Gasteiger partial charge in [-0.15, -0.1) is 11.3 Å². The molecule has 1 N–H and O–H groups in total. The first-order valence-electron chi connectivity index (χ1n) is 7.32. The summed E-state index contributed by atoms with van der Waals surface area (Å²) in [5, 5.41) is 1.32. The van der Waals surface area contributed by atoms with Gasteiger partial charge in [0.15, 0.2) is 4.77 Å². The lowest BCUT2D eigenvalue weighted by atomic mass is 9.94. The van der Waals surface area contributed by atoms with Crippen molar-refractivity contribution in [2.24, 2.45) is 0 Å². The molecule has 1 fully saturated rings. The van der Waals surface area contributed by atoms with Crippen molar-refractivity contribution in [1.29, 1.82) is 0 Å². The first kappa shape index (κ1) is 15.3. The largest absolute Gasteiger partial charge is 0.323 e. The van der Waals surface area contributed by atoms with Gasteiger partial charge in [-0.1, -0.05) is 12.8 Å². The number of hydrogen-bond acceptors (Lipinski definition) is 4. The minimum atomic E-state index is 0.0987. The molecule has 0 spiro atoms. The summed E-state index contributed by atoms with van der Waals surface area (Å²) in [7, 11) is 0. The number of fused-ring (bicyclic) bond motifs is 1. The summed E-state index contributed by atoms with van der Waals surface area (Å²) in [6, 6.07) is 0.231. The van der Waals surface area contributed by atoms with Crippen LogP contribution in [0.4, 0.5) is 0 Å². The van der Waals surface area contributed by atoms with Crippen molar-refractivity contribution >= 4 is 45.5 Å². The third kappa shape index (κ3) is 2.51. The van der Waals surface area contributed by atoms with Crippen LogP contribution in [-0.2, 0) is 0 Å². The lowest BCUT2D eigenvalue weighted by Crippen LogP contribution is -2.34. The van der Waals surface area contributed by atoms with Crippen molar-refractivity contribution < 1.29 is 0 Å². The van der Waals surface area contributed by atoms with E-state index in [-0.39, 0.29) is 11.6 Å². The summed E-state index contributed by atoms with van der Waals surface area (Å²) in [4.78, 5) is 18.4. The molecule has 0 aliphatic heterocycles. The van der Waals surface area contributed by atoms with E-state index in [1.165, 1.54) is 24.1 Å². The van der Waals surface area contributed by atoms with Crippen LogP contribution in [0.15, 0.2) is 4.79 Å². The van der Waals surface area contributed by atoms with E-state index in [1.54, 1.807) is 11.3 Å². The van der Waals surface area contributed by atoms with Gasteiger partial charge < -0.3 is 4.98 Å². The number of nitrogens with one attached hydrogen (secondary N) is 1. The fraction of sp³-hybridized carbons (Fsp3) is 0.600. The second kappa shape index (κ2) is 5.89. The Bertz CT molecular complexity index is 787.